The van der Waals surface area contributed by atoms with Gasteiger partial charge in [-0.15, -0.1) is 5.28 Å². The second kappa shape index (κ2) is 6.41. The lowest BCUT2D eigenvalue weighted by Gasteiger charge is -1.88. The maximum absolute atomic E-state index is 2.71. The maximum Gasteiger partial charge on any atom is 0.232 e. The summed E-state index contributed by atoms with van der Waals surface area (Å²) in [5.41, 5.74) is 0. The average molecular weight is 128 g/mol. The van der Waals surface area contributed by atoms with E-state index >= 15 is 0 Å². The smallest absolute Gasteiger partial charge is 0.232 e. The van der Waals surface area contributed by atoms with Crippen LogP contribution >= 0.6 is 10.1 Å². The van der Waals surface area contributed by atoms with E-state index in [4.69, 9.17) is 0 Å². The molecule has 30 valence electrons. The molecule has 0 aromatic carbocycles. The third-order valence-electron chi connectivity index (χ3n) is 0.466. The van der Waals surface area contributed by atoms with Crippen LogP contribution in [-0.4, -0.2) is 37.2 Å². The zero-order chi connectivity index (χ0) is 4.83. The summed E-state index contributed by atoms with van der Waals surface area (Å²) < 4.78 is 0. The quantitative estimate of drug-likeness (QED) is 0.400. The molecule has 0 N–H and O–H groups in total. The van der Waals surface area contributed by atoms with Crippen LogP contribution in [0.4, 0.5) is 0 Å². The van der Waals surface area contributed by atoms with Gasteiger partial charge >= 0.3 is 0 Å². The molecule has 0 fully saturated rings. The van der Waals surface area contributed by atoms with Gasteiger partial charge < -0.3 is 0 Å². The molecule has 0 amide bonds. The Kier molecular flexibility index (Phi) is 7.93. The molecule has 0 rings (SSSR count). The predicted molar refractivity (Wildman–Crippen MR) is 33.4 cm³/mol. The van der Waals surface area contributed by atoms with Crippen molar-refractivity contribution in [3.8, 4) is 0 Å². The van der Waals surface area contributed by atoms with Crippen molar-refractivity contribution >= 4 is 41.6 Å². The monoisotopic (exact) mass is 128 g/mol. The first kappa shape index (κ1) is 7.41. The Morgan fingerprint density at radius 2 is 2.17 bits per heavy atom. The lowest BCUT2D eigenvalue weighted by Crippen LogP contribution is -1.74. The first-order valence-electron chi connectivity index (χ1n) is 1.93. The number of rotatable bonds is 3. The van der Waals surface area contributed by atoms with Gasteiger partial charge in [0.15, 0.2) is 0 Å². The molecule has 0 aromatic rings. The molecule has 0 heterocycles. The van der Waals surface area contributed by atoms with Gasteiger partial charge in [-0.2, -0.15) is 0 Å². The highest BCUT2D eigenvalue weighted by atomic mass is 32.3. The second-order valence-corrected chi connectivity index (χ2v) is 3.33. The van der Waals surface area contributed by atoms with E-state index in [1.165, 1.54) is 17.5 Å². The van der Waals surface area contributed by atoms with Crippen molar-refractivity contribution in [2.24, 2.45) is 0 Å². The fourth-order valence-electron chi connectivity index (χ4n) is 0.167. The average Bonchev–Trinajstić information content (AvgIpc) is 1.61. The van der Waals surface area contributed by atoms with E-state index in [1.54, 1.807) is 0 Å². The van der Waals surface area contributed by atoms with E-state index < -0.39 is 0 Å². The molecular weight excluding hydrogens is 122 g/mol. The van der Waals surface area contributed by atoms with Crippen molar-refractivity contribution in [2.45, 2.75) is 11.7 Å². The van der Waals surface area contributed by atoms with Crippen molar-refractivity contribution in [1.82, 2.24) is 0 Å². The van der Waals surface area contributed by atoms with Crippen molar-refractivity contribution in [3.63, 3.8) is 0 Å². The zero-order valence-corrected chi connectivity index (χ0v) is 6.81. The molecular formula is C3H6Al2S. The summed E-state index contributed by atoms with van der Waals surface area (Å²) in [6.07, 6.45) is 1.32. The van der Waals surface area contributed by atoms with Gasteiger partial charge in [-0.25, -0.2) is 0 Å². The highest BCUT2D eigenvalue weighted by Gasteiger charge is 1.74. The van der Waals surface area contributed by atoms with Gasteiger partial charge in [0.25, 0.3) is 0 Å². The molecule has 0 nitrogen and oxygen atoms in total. The van der Waals surface area contributed by atoms with Crippen molar-refractivity contribution in [2.75, 3.05) is 5.75 Å². The Bertz CT molecular complexity index is 20.8. The molecule has 0 saturated heterocycles. The van der Waals surface area contributed by atoms with E-state index in [0.29, 0.717) is 0 Å². The molecule has 4 radical (unpaired) electrons. The van der Waals surface area contributed by atoms with Crippen LogP contribution in [0.3, 0.4) is 0 Å². The summed E-state index contributed by atoms with van der Waals surface area (Å²) in [6, 6.07) is 0. The third kappa shape index (κ3) is 5.41. The van der Waals surface area contributed by atoms with E-state index in [-0.39, 0.29) is 0 Å². The zero-order valence-electron chi connectivity index (χ0n) is 3.68. The topological polar surface area (TPSA) is 0 Å². The molecule has 0 saturated carbocycles. The van der Waals surface area contributed by atoms with Gasteiger partial charge in [-0.05, 0) is 5.75 Å². The normalized spacial score (nSPS) is 8.67. The highest BCUT2D eigenvalue weighted by molar-refractivity contribution is 8.19. The second-order valence-electron chi connectivity index (χ2n) is 1.01. The van der Waals surface area contributed by atoms with Crippen molar-refractivity contribution in [3.05, 3.63) is 0 Å². The molecule has 0 atom stereocenters. The van der Waals surface area contributed by atoms with E-state index in [1.807, 2.05) is 10.1 Å². The molecule has 0 spiro atoms. The molecule has 0 aliphatic heterocycles. The first-order valence-corrected chi connectivity index (χ1v) is 5.21. The summed E-state index contributed by atoms with van der Waals surface area (Å²) in [6.45, 7) is 0. The first-order chi connectivity index (χ1) is 2.91. The van der Waals surface area contributed by atoms with Crippen molar-refractivity contribution < 1.29 is 0 Å². The molecule has 0 aromatic heterocycles. The van der Waals surface area contributed by atoms with E-state index in [9.17, 15) is 0 Å². The van der Waals surface area contributed by atoms with E-state index in [0.717, 1.165) is 0 Å². The SMILES string of the molecule is [Al][CH2]CC[S][Al]. The van der Waals surface area contributed by atoms with Gasteiger partial charge in [-0.1, -0.05) is 6.42 Å². The molecule has 0 unspecified atom stereocenters. The van der Waals surface area contributed by atoms with Crippen LogP contribution < -0.4 is 0 Å². The molecule has 0 aliphatic rings. The van der Waals surface area contributed by atoms with Crippen LogP contribution in [0.1, 0.15) is 6.42 Å². The number of hydrogen-bond acceptors (Lipinski definition) is 1. The lowest BCUT2D eigenvalue weighted by molar-refractivity contribution is 1.10. The molecule has 0 bridgehead atoms. The van der Waals surface area contributed by atoms with Crippen LogP contribution in [0.5, 0.6) is 0 Å². The Morgan fingerprint density at radius 1 is 1.50 bits per heavy atom. The summed E-state index contributed by atoms with van der Waals surface area (Å²) in [7, 11) is 1.83. The van der Waals surface area contributed by atoms with Crippen LogP contribution in [-0.2, 0) is 0 Å². The Balaban J connectivity index is 2.34. The summed E-state index contributed by atoms with van der Waals surface area (Å²) in [4.78, 5) is 0. The lowest BCUT2D eigenvalue weighted by atomic mass is 10.6. The van der Waals surface area contributed by atoms with Crippen molar-refractivity contribution in [1.29, 1.82) is 0 Å². The van der Waals surface area contributed by atoms with Gasteiger partial charge in [0.2, 0.25) is 15.2 Å². The Hall–Kier alpha value is 1.41. The minimum Gasteiger partial charge on any atom is -0.286 e. The summed E-state index contributed by atoms with van der Waals surface area (Å²) >= 11 is 5.34. The number of hydrogen-bond donors (Lipinski definition) is 0. The third-order valence-corrected chi connectivity index (χ3v) is 2.11. The fourth-order valence-corrected chi connectivity index (χ4v) is 1.50. The predicted octanol–water partition coefficient (Wildman–Crippen LogP) is 0.780. The van der Waals surface area contributed by atoms with Gasteiger partial charge in [0.05, 0.1) is 0 Å². The summed E-state index contributed by atoms with van der Waals surface area (Å²) in [5.74, 6) is 1.27. The highest BCUT2D eigenvalue weighted by Crippen LogP contribution is 1.94. The van der Waals surface area contributed by atoms with Crippen LogP contribution in [0.15, 0.2) is 0 Å². The summed E-state index contributed by atoms with van der Waals surface area (Å²) in [5, 5.41) is 1.24. The van der Waals surface area contributed by atoms with Crippen LogP contribution in [0.25, 0.3) is 0 Å². The maximum atomic E-state index is 2.71. The van der Waals surface area contributed by atoms with Gasteiger partial charge in [0.1, 0.15) is 16.3 Å². The Morgan fingerprint density at radius 3 is 2.33 bits per heavy atom. The molecule has 6 heavy (non-hydrogen) atoms. The molecule has 0 aliphatic carbocycles. The minimum absolute atomic E-state index is 1.24. The minimum atomic E-state index is 1.24. The van der Waals surface area contributed by atoms with Gasteiger partial charge in [0, 0.05) is 0 Å². The van der Waals surface area contributed by atoms with Gasteiger partial charge in [-0.3, -0.25) is 10.1 Å². The van der Waals surface area contributed by atoms with Crippen LogP contribution in [0, 0.1) is 0 Å². The largest absolute Gasteiger partial charge is 0.286 e. The Labute approximate surface area is 59.0 Å². The fraction of sp³-hybridized carbons (Fsp3) is 1.00. The van der Waals surface area contributed by atoms with Crippen LogP contribution in [0.2, 0.25) is 5.28 Å². The van der Waals surface area contributed by atoms with E-state index in [2.05, 4.69) is 31.4 Å². The standard InChI is InChI=1S/C3H7S.2Al/c1-2-3-4;;/h4H,1-3H2;;/q;;+1/p-1. The molecule has 3 heteroatoms.